The summed E-state index contributed by atoms with van der Waals surface area (Å²) in [5.74, 6) is 2.28. The summed E-state index contributed by atoms with van der Waals surface area (Å²) in [6.45, 7) is 3.18. The number of alkyl carbamates (subject to hydrolysis) is 1. The van der Waals surface area contributed by atoms with Crippen LogP contribution in [0.3, 0.4) is 0 Å². The Labute approximate surface area is 102 Å². The largest absolute Gasteiger partial charge is 0.450 e. The van der Waals surface area contributed by atoms with Crippen molar-refractivity contribution in [2.45, 2.75) is 32.6 Å². The van der Waals surface area contributed by atoms with Crippen molar-refractivity contribution < 1.29 is 14.3 Å². The summed E-state index contributed by atoms with van der Waals surface area (Å²) in [6, 6.07) is 0. The van der Waals surface area contributed by atoms with Gasteiger partial charge in [0.15, 0.2) is 0 Å². The van der Waals surface area contributed by atoms with Gasteiger partial charge in [-0.15, -0.1) is 12.3 Å². The van der Waals surface area contributed by atoms with E-state index in [1.807, 2.05) is 6.92 Å². The molecule has 17 heavy (non-hydrogen) atoms. The predicted molar refractivity (Wildman–Crippen MR) is 65.3 cm³/mol. The first-order valence-corrected chi connectivity index (χ1v) is 5.81. The first-order chi connectivity index (χ1) is 8.20. The second kappa shape index (κ2) is 10.8. The fraction of sp³-hybridized carbons (Fsp3) is 0.667. The third-order valence-corrected chi connectivity index (χ3v) is 1.94. The topological polar surface area (TPSA) is 67.4 Å². The molecule has 0 saturated heterocycles. The molecule has 0 saturated carbocycles. The van der Waals surface area contributed by atoms with E-state index in [-0.39, 0.29) is 5.91 Å². The van der Waals surface area contributed by atoms with E-state index in [1.165, 1.54) is 0 Å². The number of hydrogen-bond donors (Lipinski definition) is 2. The van der Waals surface area contributed by atoms with Crippen molar-refractivity contribution in [3.63, 3.8) is 0 Å². The molecule has 0 bridgehead atoms. The molecule has 0 aromatic heterocycles. The first-order valence-electron chi connectivity index (χ1n) is 5.81. The van der Waals surface area contributed by atoms with Gasteiger partial charge >= 0.3 is 6.09 Å². The second-order valence-corrected chi connectivity index (χ2v) is 3.47. The number of nitrogens with one attached hydrogen (secondary N) is 2. The maximum atomic E-state index is 11.1. The SMILES string of the molecule is C#CCCC(=O)NCCNC(=O)OCCCC. The smallest absolute Gasteiger partial charge is 0.407 e. The Morgan fingerprint density at radius 1 is 1.29 bits per heavy atom. The lowest BCUT2D eigenvalue weighted by Crippen LogP contribution is -2.34. The van der Waals surface area contributed by atoms with Gasteiger partial charge in [0.05, 0.1) is 6.61 Å². The van der Waals surface area contributed by atoms with Gasteiger partial charge in [-0.1, -0.05) is 13.3 Å². The number of terminal acetylenes is 1. The minimum Gasteiger partial charge on any atom is -0.450 e. The van der Waals surface area contributed by atoms with Gasteiger partial charge in [-0.2, -0.15) is 0 Å². The molecule has 0 aromatic carbocycles. The lowest BCUT2D eigenvalue weighted by atomic mass is 10.3. The van der Waals surface area contributed by atoms with E-state index < -0.39 is 6.09 Å². The van der Waals surface area contributed by atoms with E-state index in [1.54, 1.807) is 0 Å². The highest BCUT2D eigenvalue weighted by Gasteiger charge is 2.01. The third kappa shape index (κ3) is 10.6. The standard InChI is InChI=1S/C12H20N2O3/c1-3-5-7-11(15)13-8-9-14-12(16)17-10-6-4-2/h1H,4-10H2,2H3,(H,13,15)(H,14,16). The van der Waals surface area contributed by atoms with Gasteiger partial charge in [-0.25, -0.2) is 4.79 Å². The summed E-state index contributed by atoms with van der Waals surface area (Å²) in [5, 5.41) is 5.17. The molecule has 0 atom stereocenters. The third-order valence-electron chi connectivity index (χ3n) is 1.94. The van der Waals surface area contributed by atoms with Crippen molar-refractivity contribution in [3.8, 4) is 12.3 Å². The van der Waals surface area contributed by atoms with Crippen molar-refractivity contribution >= 4 is 12.0 Å². The predicted octanol–water partition coefficient (Wildman–Crippen LogP) is 1.04. The van der Waals surface area contributed by atoms with E-state index in [4.69, 9.17) is 11.2 Å². The highest BCUT2D eigenvalue weighted by atomic mass is 16.5. The van der Waals surface area contributed by atoms with Gasteiger partial charge in [0, 0.05) is 25.9 Å². The summed E-state index contributed by atoms with van der Waals surface area (Å²) in [6.07, 6.45) is 7.17. The Kier molecular flexibility index (Phi) is 9.73. The van der Waals surface area contributed by atoms with Crippen LogP contribution in [-0.4, -0.2) is 31.7 Å². The number of carbonyl (C=O) groups is 2. The average Bonchev–Trinajstić information content (AvgIpc) is 2.32. The van der Waals surface area contributed by atoms with Crippen molar-refractivity contribution in [1.82, 2.24) is 10.6 Å². The highest BCUT2D eigenvalue weighted by Crippen LogP contribution is 1.88. The maximum absolute atomic E-state index is 11.1. The van der Waals surface area contributed by atoms with Crippen LogP contribution in [0, 0.1) is 12.3 Å². The molecule has 2 amide bonds. The Morgan fingerprint density at radius 2 is 2.00 bits per heavy atom. The lowest BCUT2D eigenvalue weighted by molar-refractivity contribution is -0.120. The number of amides is 2. The molecule has 0 aliphatic carbocycles. The number of carbonyl (C=O) groups excluding carboxylic acids is 2. The molecule has 2 N–H and O–H groups in total. The highest BCUT2D eigenvalue weighted by molar-refractivity contribution is 5.76. The van der Waals surface area contributed by atoms with Gasteiger partial charge in [-0.3, -0.25) is 4.79 Å². The van der Waals surface area contributed by atoms with Crippen molar-refractivity contribution in [2.24, 2.45) is 0 Å². The van der Waals surface area contributed by atoms with Gasteiger partial charge < -0.3 is 15.4 Å². The summed E-state index contributed by atoms with van der Waals surface area (Å²) in [7, 11) is 0. The lowest BCUT2D eigenvalue weighted by Gasteiger charge is -2.07. The average molecular weight is 240 g/mol. The normalized spacial score (nSPS) is 9.18. The summed E-state index contributed by atoms with van der Waals surface area (Å²) < 4.78 is 4.87. The van der Waals surface area contributed by atoms with Crippen molar-refractivity contribution in [3.05, 3.63) is 0 Å². The number of ether oxygens (including phenoxy) is 1. The zero-order valence-electron chi connectivity index (χ0n) is 10.3. The molecule has 0 aliphatic heterocycles. The van der Waals surface area contributed by atoms with E-state index in [0.29, 0.717) is 32.5 Å². The molecule has 0 spiro atoms. The fourth-order valence-electron chi connectivity index (χ4n) is 1.00. The van der Waals surface area contributed by atoms with Crippen LogP contribution in [0.15, 0.2) is 0 Å². The van der Waals surface area contributed by atoms with Crippen LogP contribution in [0.4, 0.5) is 4.79 Å². The molecule has 0 radical (unpaired) electrons. The summed E-state index contributed by atoms with van der Waals surface area (Å²) in [5.41, 5.74) is 0. The van der Waals surface area contributed by atoms with Crippen LogP contribution >= 0.6 is 0 Å². The molecule has 0 heterocycles. The Morgan fingerprint density at radius 3 is 2.65 bits per heavy atom. The molecule has 0 aromatic rings. The van der Waals surface area contributed by atoms with Crippen molar-refractivity contribution in [2.75, 3.05) is 19.7 Å². The van der Waals surface area contributed by atoms with Crippen LogP contribution in [0.5, 0.6) is 0 Å². The van der Waals surface area contributed by atoms with Crippen molar-refractivity contribution in [1.29, 1.82) is 0 Å². The molecule has 5 nitrogen and oxygen atoms in total. The van der Waals surface area contributed by atoms with Crippen LogP contribution in [-0.2, 0) is 9.53 Å². The van der Waals surface area contributed by atoms with E-state index in [9.17, 15) is 9.59 Å². The van der Waals surface area contributed by atoms with Crippen LogP contribution in [0.2, 0.25) is 0 Å². The maximum Gasteiger partial charge on any atom is 0.407 e. The van der Waals surface area contributed by atoms with Gasteiger partial charge in [0.25, 0.3) is 0 Å². The number of rotatable bonds is 8. The zero-order valence-corrected chi connectivity index (χ0v) is 10.3. The molecule has 0 unspecified atom stereocenters. The van der Waals surface area contributed by atoms with Crippen LogP contribution < -0.4 is 10.6 Å². The van der Waals surface area contributed by atoms with Crippen LogP contribution in [0.1, 0.15) is 32.6 Å². The number of hydrogen-bond acceptors (Lipinski definition) is 3. The molecular formula is C12H20N2O3. The molecule has 0 rings (SSSR count). The van der Waals surface area contributed by atoms with Gasteiger partial charge in [-0.05, 0) is 6.42 Å². The minimum atomic E-state index is -0.448. The Bertz CT molecular complexity index is 271. The Balaban J connectivity index is 3.35. The van der Waals surface area contributed by atoms with E-state index >= 15 is 0 Å². The quantitative estimate of drug-likeness (QED) is 0.492. The second-order valence-electron chi connectivity index (χ2n) is 3.47. The van der Waals surface area contributed by atoms with Gasteiger partial charge in [0.2, 0.25) is 5.91 Å². The Hall–Kier alpha value is -1.70. The summed E-state index contributed by atoms with van der Waals surface area (Å²) >= 11 is 0. The molecule has 5 heteroatoms. The molecular weight excluding hydrogens is 220 g/mol. The number of unbranched alkanes of at least 4 members (excludes halogenated alkanes) is 1. The fourth-order valence-corrected chi connectivity index (χ4v) is 1.00. The van der Waals surface area contributed by atoms with Gasteiger partial charge in [0.1, 0.15) is 0 Å². The van der Waals surface area contributed by atoms with E-state index in [2.05, 4.69) is 16.6 Å². The monoisotopic (exact) mass is 240 g/mol. The molecule has 96 valence electrons. The minimum absolute atomic E-state index is 0.107. The van der Waals surface area contributed by atoms with Crippen LogP contribution in [0.25, 0.3) is 0 Å². The first kappa shape index (κ1) is 15.3. The van der Waals surface area contributed by atoms with E-state index in [0.717, 1.165) is 12.8 Å². The zero-order chi connectivity index (χ0) is 12.9. The molecule has 0 fully saturated rings. The summed E-state index contributed by atoms with van der Waals surface area (Å²) in [4.78, 5) is 22.2. The molecule has 0 aliphatic rings.